The van der Waals surface area contributed by atoms with E-state index in [2.05, 4.69) is 0 Å². The molecule has 0 radical (unpaired) electrons. The quantitative estimate of drug-likeness (QED) is 0.759. The van der Waals surface area contributed by atoms with Gasteiger partial charge in [0.15, 0.2) is 11.5 Å². The molecule has 0 atom stereocenters. The number of carbonyl (C=O) groups is 1. The number of fused-ring (bicyclic) bond motifs is 1. The van der Waals surface area contributed by atoms with E-state index in [1.165, 1.54) is 10.6 Å². The summed E-state index contributed by atoms with van der Waals surface area (Å²) < 4.78 is 12.0. The predicted octanol–water partition coefficient (Wildman–Crippen LogP) is 2.57. The first-order chi connectivity index (χ1) is 8.83. The molecule has 0 bridgehead atoms. The highest BCUT2D eigenvalue weighted by molar-refractivity contribution is 5.93. The van der Waals surface area contributed by atoms with Crippen LogP contribution in [0.15, 0.2) is 48.8 Å². The number of hydrogen-bond donors (Lipinski definition) is 0. The summed E-state index contributed by atoms with van der Waals surface area (Å²) in [5, 5.41) is 0. The molecular weight excluding hydrogens is 230 g/mol. The Labute approximate surface area is 104 Å². The summed E-state index contributed by atoms with van der Waals surface area (Å²) in [5.74, 6) is 1.37. The first kappa shape index (κ1) is 10.7. The first-order valence-electron chi connectivity index (χ1n) is 5.58. The molecule has 1 aromatic carbocycles. The van der Waals surface area contributed by atoms with Crippen LogP contribution in [-0.4, -0.2) is 17.3 Å². The smallest absolute Gasteiger partial charge is 0.254 e. The lowest BCUT2D eigenvalue weighted by atomic mass is 10.2. The molecule has 90 valence electrons. The van der Waals surface area contributed by atoms with Gasteiger partial charge in [0.05, 0.1) is 0 Å². The number of nitrogens with zero attached hydrogens (tertiary/aromatic N) is 1. The minimum absolute atomic E-state index is 0.0855. The van der Waals surface area contributed by atoms with E-state index in [-0.39, 0.29) is 12.7 Å². The lowest BCUT2D eigenvalue weighted by Gasteiger charge is -1.98. The van der Waals surface area contributed by atoms with Crippen LogP contribution in [0, 0.1) is 0 Å². The van der Waals surface area contributed by atoms with Crippen LogP contribution in [-0.2, 0) is 0 Å². The van der Waals surface area contributed by atoms with Crippen molar-refractivity contribution in [3.05, 3.63) is 54.4 Å². The number of ether oxygens (including phenoxy) is 2. The summed E-state index contributed by atoms with van der Waals surface area (Å²) >= 11 is 0. The lowest BCUT2D eigenvalue weighted by molar-refractivity contribution is 0.0970. The summed E-state index contributed by atoms with van der Waals surface area (Å²) in [4.78, 5) is 11.7. The normalized spacial score (nSPS) is 13.1. The SMILES string of the molecule is O=C(/C=C/c1ccc2c(c1)OCO2)n1cccc1. The second-order valence-electron chi connectivity index (χ2n) is 3.87. The zero-order valence-corrected chi connectivity index (χ0v) is 9.58. The molecule has 4 heteroatoms. The van der Waals surface area contributed by atoms with Crippen molar-refractivity contribution in [2.24, 2.45) is 0 Å². The van der Waals surface area contributed by atoms with Crippen LogP contribution in [0.5, 0.6) is 11.5 Å². The molecule has 2 heterocycles. The van der Waals surface area contributed by atoms with Gasteiger partial charge in [0.1, 0.15) is 0 Å². The topological polar surface area (TPSA) is 40.5 Å². The van der Waals surface area contributed by atoms with Crippen LogP contribution in [0.4, 0.5) is 0 Å². The van der Waals surface area contributed by atoms with Crippen molar-refractivity contribution in [3.8, 4) is 11.5 Å². The van der Waals surface area contributed by atoms with Crippen LogP contribution in [0.3, 0.4) is 0 Å². The zero-order chi connectivity index (χ0) is 12.4. The molecule has 0 N–H and O–H groups in total. The van der Waals surface area contributed by atoms with E-state index < -0.39 is 0 Å². The second kappa shape index (κ2) is 4.41. The number of rotatable bonds is 2. The monoisotopic (exact) mass is 241 g/mol. The zero-order valence-electron chi connectivity index (χ0n) is 9.58. The molecule has 2 aromatic rings. The first-order valence-corrected chi connectivity index (χ1v) is 5.58. The predicted molar refractivity (Wildman–Crippen MR) is 66.7 cm³/mol. The Bertz CT molecular complexity index is 600. The van der Waals surface area contributed by atoms with Crippen molar-refractivity contribution in [2.45, 2.75) is 0 Å². The van der Waals surface area contributed by atoms with E-state index in [9.17, 15) is 4.79 Å². The Morgan fingerprint density at radius 1 is 1.17 bits per heavy atom. The third kappa shape index (κ3) is 2.00. The Balaban J connectivity index is 1.78. The number of aromatic nitrogens is 1. The number of carbonyl (C=O) groups excluding carboxylic acids is 1. The van der Waals surface area contributed by atoms with Crippen molar-refractivity contribution in [1.82, 2.24) is 4.57 Å². The molecule has 0 saturated heterocycles. The van der Waals surface area contributed by atoms with Crippen LogP contribution < -0.4 is 9.47 Å². The average Bonchev–Trinajstić information content (AvgIpc) is 3.05. The highest BCUT2D eigenvalue weighted by atomic mass is 16.7. The van der Waals surface area contributed by atoms with Gasteiger partial charge in [-0.1, -0.05) is 6.07 Å². The van der Waals surface area contributed by atoms with Gasteiger partial charge in [-0.3, -0.25) is 9.36 Å². The maximum Gasteiger partial charge on any atom is 0.254 e. The highest BCUT2D eigenvalue weighted by Crippen LogP contribution is 2.32. The lowest BCUT2D eigenvalue weighted by Crippen LogP contribution is -2.03. The second-order valence-corrected chi connectivity index (χ2v) is 3.87. The Kier molecular flexibility index (Phi) is 2.61. The van der Waals surface area contributed by atoms with Gasteiger partial charge in [0.25, 0.3) is 5.91 Å². The molecule has 4 nitrogen and oxygen atoms in total. The van der Waals surface area contributed by atoms with Gasteiger partial charge in [-0.15, -0.1) is 0 Å². The molecule has 0 aliphatic carbocycles. The van der Waals surface area contributed by atoms with E-state index >= 15 is 0 Å². The fourth-order valence-corrected chi connectivity index (χ4v) is 1.75. The summed E-state index contributed by atoms with van der Waals surface area (Å²) in [6.07, 6.45) is 6.71. The summed E-state index contributed by atoms with van der Waals surface area (Å²) in [6, 6.07) is 9.19. The number of allylic oxidation sites excluding steroid dienone is 1. The number of benzene rings is 1. The third-order valence-corrected chi connectivity index (χ3v) is 2.67. The molecule has 0 spiro atoms. The van der Waals surface area contributed by atoms with Gasteiger partial charge in [-0.2, -0.15) is 0 Å². The largest absolute Gasteiger partial charge is 0.454 e. The van der Waals surface area contributed by atoms with Gasteiger partial charge in [0, 0.05) is 18.5 Å². The van der Waals surface area contributed by atoms with Crippen molar-refractivity contribution < 1.29 is 14.3 Å². The average molecular weight is 241 g/mol. The Hall–Kier alpha value is -2.49. The van der Waals surface area contributed by atoms with E-state index in [4.69, 9.17) is 9.47 Å². The minimum atomic E-state index is -0.0855. The van der Waals surface area contributed by atoms with E-state index in [1.54, 1.807) is 18.5 Å². The summed E-state index contributed by atoms with van der Waals surface area (Å²) in [7, 11) is 0. The van der Waals surface area contributed by atoms with Crippen LogP contribution >= 0.6 is 0 Å². The summed E-state index contributed by atoms with van der Waals surface area (Å²) in [6.45, 7) is 0.255. The van der Waals surface area contributed by atoms with Gasteiger partial charge in [0.2, 0.25) is 6.79 Å². The van der Waals surface area contributed by atoms with E-state index in [1.807, 2.05) is 30.3 Å². The van der Waals surface area contributed by atoms with Crippen LogP contribution in [0.1, 0.15) is 10.4 Å². The molecule has 3 rings (SSSR count). The fraction of sp³-hybridized carbons (Fsp3) is 0.0714. The van der Waals surface area contributed by atoms with E-state index in [0.717, 1.165) is 11.3 Å². The molecule has 0 saturated carbocycles. The van der Waals surface area contributed by atoms with Gasteiger partial charge in [-0.05, 0) is 35.9 Å². The van der Waals surface area contributed by atoms with Crippen LogP contribution in [0.25, 0.3) is 6.08 Å². The van der Waals surface area contributed by atoms with Gasteiger partial charge in [-0.25, -0.2) is 0 Å². The molecule has 1 aliphatic heterocycles. The summed E-state index contributed by atoms with van der Waals surface area (Å²) in [5.41, 5.74) is 0.903. The maximum atomic E-state index is 11.7. The molecule has 18 heavy (non-hydrogen) atoms. The van der Waals surface area contributed by atoms with Crippen LogP contribution in [0.2, 0.25) is 0 Å². The Morgan fingerprint density at radius 2 is 1.94 bits per heavy atom. The maximum absolute atomic E-state index is 11.7. The number of hydrogen-bond acceptors (Lipinski definition) is 3. The van der Waals surface area contributed by atoms with Gasteiger partial charge < -0.3 is 9.47 Å². The Morgan fingerprint density at radius 3 is 2.78 bits per heavy atom. The molecule has 0 amide bonds. The fourth-order valence-electron chi connectivity index (χ4n) is 1.75. The molecular formula is C14H11NO3. The standard InChI is InChI=1S/C14H11NO3/c16-14(15-7-1-2-8-15)6-4-11-3-5-12-13(9-11)18-10-17-12/h1-9H,10H2/b6-4+. The van der Waals surface area contributed by atoms with Gasteiger partial charge >= 0.3 is 0 Å². The molecule has 1 aromatic heterocycles. The third-order valence-electron chi connectivity index (χ3n) is 2.67. The van der Waals surface area contributed by atoms with E-state index in [0.29, 0.717) is 5.75 Å². The molecule has 0 fully saturated rings. The van der Waals surface area contributed by atoms with Crippen molar-refractivity contribution >= 4 is 12.0 Å². The van der Waals surface area contributed by atoms with Crippen molar-refractivity contribution in [1.29, 1.82) is 0 Å². The minimum Gasteiger partial charge on any atom is -0.454 e. The molecule has 0 unspecified atom stereocenters. The molecule has 1 aliphatic rings. The highest BCUT2D eigenvalue weighted by Gasteiger charge is 2.12. The van der Waals surface area contributed by atoms with Crippen molar-refractivity contribution in [2.75, 3.05) is 6.79 Å². The van der Waals surface area contributed by atoms with Crippen molar-refractivity contribution in [3.63, 3.8) is 0 Å².